The van der Waals surface area contributed by atoms with Crippen LogP contribution in [0.4, 0.5) is 0 Å². The number of ketones is 1. The highest BCUT2D eigenvalue weighted by Crippen LogP contribution is 2.60. The number of carbonyl (C=O) groups is 1. The number of ether oxygens (including phenoxy) is 2. The molecule has 0 fully saturated rings. The topological polar surface area (TPSA) is 59.3 Å². The van der Waals surface area contributed by atoms with Gasteiger partial charge in [0.05, 0.1) is 27.2 Å². The SMILES string of the molecule is CCCCC(CC)COc1cc(C)c(OCC(CC)CCCC)c2c1S/C(=C(/C#N)C(=O)C(C)(C)C)S2. The minimum Gasteiger partial charge on any atom is -0.492 e. The number of thioether (sulfide) groups is 2. The number of rotatable bonds is 15. The number of aryl methyl sites for hydroxylation is 1. The fraction of sp³-hybridized carbons (Fsp3) is 0.677. The molecule has 0 aromatic heterocycles. The second kappa shape index (κ2) is 15.1. The summed E-state index contributed by atoms with van der Waals surface area (Å²) in [7, 11) is 0. The van der Waals surface area contributed by atoms with E-state index in [1.165, 1.54) is 49.2 Å². The zero-order valence-electron chi connectivity index (χ0n) is 24.3. The predicted molar refractivity (Wildman–Crippen MR) is 158 cm³/mol. The van der Waals surface area contributed by atoms with Crippen molar-refractivity contribution in [1.82, 2.24) is 0 Å². The number of allylic oxidation sites excluding steroid dienone is 1. The van der Waals surface area contributed by atoms with Crippen LogP contribution in [0, 0.1) is 35.5 Å². The lowest BCUT2D eigenvalue weighted by molar-refractivity contribution is -0.122. The molecule has 1 heterocycles. The van der Waals surface area contributed by atoms with E-state index in [0.29, 0.717) is 25.0 Å². The Kier molecular flexibility index (Phi) is 12.9. The van der Waals surface area contributed by atoms with Crippen LogP contribution >= 0.6 is 23.5 Å². The first kappa shape index (κ1) is 31.6. The van der Waals surface area contributed by atoms with E-state index in [4.69, 9.17) is 9.47 Å². The lowest BCUT2D eigenvalue weighted by Crippen LogP contribution is -2.21. The third-order valence-corrected chi connectivity index (χ3v) is 9.59. The summed E-state index contributed by atoms with van der Waals surface area (Å²) in [6, 6.07) is 4.30. The van der Waals surface area contributed by atoms with Crippen LogP contribution in [0.5, 0.6) is 11.5 Å². The van der Waals surface area contributed by atoms with Crippen LogP contribution in [0.15, 0.2) is 25.7 Å². The number of hydrogen-bond acceptors (Lipinski definition) is 6. The summed E-state index contributed by atoms with van der Waals surface area (Å²) in [4.78, 5) is 15.1. The standard InChI is InChI=1S/C31H47NO3S2/c1-9-13-15-22(11-3)19-34-25-17-21(5)26(35-20-23(12-4)16-14-10-2)28-27(25)36-30(37-28)24(18-32)29(33)31(6,7)8/h17,22-23H,9-16,19-20H2,1-8H3/b30-24+. The average Bonchev–Trinajstić information content (AvgIpc) is 3.30. The number of benzene rings is 1. The van der Waals surface area contributed by atoms with Gasteiger partial charge in [-0.05, 0) is 43.2 Å². The molecule has 0 aliphatic carbocycles. The zero-order chi connectivity index (χ0) is 27.6. The van der Waals surface area contributed by atoms with Crippen molar-refractivity contribution in [1.29, 1.82) is 5.26 Å². The Labute approximate surface area is 234 Å². The number of unbranched alkanes of at least 4 members (excludes halogenated alkanes) is 2. The quantitative estimate of drug-likeness (QED) is 0.161. The van der Waals surface area contributed by atoms with E-state index in [1.54, 1.807) is 0 Å². The minimum atomic E-state index is -0.621. The van der Waals surface area contributed by atoms with E-state index < -0.39 is 5.41 Å². The molecular formula is C31H47NO3S2. The fourth-order valence-electron chi connectivity index (χ4n) is 4.28. The van der Waals surface area contributed by atoms with Gasteiger partial charge in [0.15, 0.2) is 5.78 Å². The van der Waals surface area contributed by atoms with Crippen LogP contribution in [0.3, 0.4) is 0 Å². The van der Waals surface area contributed by atoms with E-state index in [9.17, 15) is 10.1 Å². The maximum absolute atomic E-state index is 13.1. The first-order valence-electron chi connectivity index (χ1n) is 14.1. The number of Topliss-reactive ketones (excluding diaryl/α,β-unsaturated/α-hetero) is 1. The van der Waals surface area contributed by atoms with Crippen molar-refractivity contribution in [3.63, 3.8) is 0 Å². The second-order valence-electron chi connectivity index (χ2n) is 11.2. The molecule has 37 heavy (non-hydrogen) atoms. The van der Waals surface area contributed by atoms with Gasteiger partial charge in [-0.1, -0.05) is 111 Å². The van der Waals surface area contributed by atoms with Crippen LogP contribution in [-0.2, 0) is 4.79 Å². The van der Waals surface area contributed by atoms with Crippen molar-refractivity contribution in [2.45, 2.75) is 117 Å². The van der Waals surface area contributed by atoms with E-state index >= 15 is 0 Å². The largest absolute Gasteiger partial charge is 0.492 e. The van der Waals surface area contributed by atoms with Crippen molar-refractivity contribution in [3.8, 4) is 17.6 Å². The Bertz CT molecular complexity index is 988. The van der Waals surface area contributed by atoms with Gasteiger partial charge in [-0.15, -0.1) is 0 Å². The predicted octanol–water partition coefficient (Wildman–Crippen LogP) is 9.73. The summed E-state index contributed by atoms with van der Waals surface area (Å²) in [5.41, 5.74) is 0.650. The molecule has 0 saturated heterocycles. The molecule has 0 saturated carbocycles. The molecule has 1 aromatic carbocycles. The van der Waals surface area contributed by atoms with E-state index in [0.717, 1.165) is 56.8 Å². The normalized spacial score (nSPS) is 16.1. The summed E-state index contributed by atoms with van der Waals surface area (Å²) in [6.45, 7) is 17.9. The lowest BCUT2D eigenvalue weighted by atomic mass is 9.87. The molecule has 1 aromatic rings. The molecule has 0 radical (unpaired) electrons. The van der Waals surface area contributed by atoms with Crippen LogP contribution < -0.4 is 9.47 Å². The van der Waals surface area contributed by atoms with Gasteiger partial charge in [0.25, 0.3) is 0 Å². The molecule has 6 heteroatoms. The van der Waals surface area contributed by atoms with Crippen LogP contribution in [-0.4, -0.2) is 19.0 Å². The number of carbonyl (C=O) groups excluding carboxylic acids is 1. The lowest BCUT2D eigenvalue weighted by Gasteiger charge is -2.21. The summed E-state index contributed by atoms with van der Waals surface area (Å²) in [5, 5.41) is 9.96. The Morgan fingerprint density at radius 3 is 1.97 bits per heavy atom. The molecule has 0 N–H and O–H groups in total. The van der Waals surface area contributed by atoms with Crippen LogP contribution in [0.2, 0.25) is 0 Å². The molecule has 1 aliphatic rings. The van der Waals surface area contributed by atoms with E-state index in [2.05, 4.69) is 46.8 Å². The Morgan fingerprint density at radius 2 is 1.49 bits per heavy atom. The van der Waals surface area contributed by atoms with Crippen LogP contribution in [0.25, 0.3) is 0 Å². The maximum atomic E-state index is 13.1. The summed E-state index contributed by atoms with van der Waals surface area (Å²) in [5.74, 6) is 2.60. The molecule has 1 aliphatic heterocycles. The smallest absolute Gasteiger partial charge is 0.180 e. The Morgan fingerprint density at radius 1 is 0.946 bits per heavy atom. The number of fused-ring (bicyclic) bond motifs is 1. The molecule has 2 unspecified atom stereocenters. The molecule has 2 rings (SSSR count). The first-order chi connectivity index (χ1) is 17.6. The summed E-state index contributed by atoms with van der Waals surface area (Å²) >= 11 is 2.98. The van der Waals surface area contributed by atoms with Crippen molar-refractivity contribution >= 4 is 29.3 Å². The van der Waals surface area contributed by atoms with Crippen LogP contribution in [0.1, 0.15) is 105 Å². The number of nitriles is 1. The number of hydrogen-bond donors (Lipinski definition) is 0. The van der Waals surface area contributed by atoms with Gasteiger partial charge in [-0.25, -0.2) is 0 Å². The molecule has 2 atom stereocenters. The van der Waals surface area contributed by atoms with Crippen molar-refractivity contribution in [3.05, 3.63) is 21.4 Å². The molecular weight excluding hydrogens is 498 g/mol. The van der Waals surface area contributed by atoms with Gasteiger partial charge < -0.3 is 9.47 Å². The third kappa shape index (κ3) is 8.72. The van der Waals surface area contributed by atoms with Gasteiger partial charge in [0.1, 0.15) is 23.1 Å². The summed E-state index contributed by atoms with van der Waals surface area (Å²) < 4.78 is 13.7. The van der Waals surface area contributed by atoms with Gasteiger partial charge in [0.2, 0.25) is 0 Å². The van der Waals surface area contributed by atoms with Gasteiger partial charge in [0, 0.05) is 5.41 Å². The highest BCUT2D eigenvalue weighted by Gasteiger charge is 2.34. The van der Waals surface area contributed by atoms with Crippen molar-refractivity contribution < 1.29 is 14.3 Å². The number of nitrogens with zero attached hydrogens (tertiary/aromatic N) is 1. The van der Waals surface area contributed by atoms with Crippen molar-refractivity contribution in [2.75, 3.05) is 13.2 Å². The fourth-order valence-corrected chi connectivity index (χ4v) is 6.95. The third-order valence-electron chi connectivity index (χ3n) is 6.98. The van der Waals surface area contributed by atoms with Gasteiger partial charge in [-0.3, -0.25) is 4.79 Å². The molecule has 0 spiro atoms. The average molecular weight is 546 g/mol. The monoisotopic (exact) mass is 545 g/mol. The zero-order valence-corrected chi connectivity index (χ0v) is 25.9. The maximum Gasteiger partial charge on any atom is 0.180 e. The highest BCUT2D eigenvalue weighted by atomic mass is 32.2. The first-order valence-corrected chi connectivity index (χ1v) is 15.7. The second-order valence-corrected chi connectivity index (χ2v) is 13.5. The molecule has 206 valence electrons. The molecule has 4 nitrogen and oxygen atoms in total. The van der Waals surface area contributed by atoms with Gasteiger partial charge in [-0.2, -0.15) is 5.26 Å². The Balaban J connectivity index is 2.45. The highest BCUT2D eigenvalue weighted by molar-refractivity contribution is 8.24. The summed E-state index contributed by atoms with van der Waals surface area (Å²) in [6.07, 6.45) is 9.30. The van der Waals surface area contributed by atoms with E-state index in [1.807, 2.05) is 20.8 Å². The van der Waals surface area contributed by atoms with Crippen molar-refractivity contribution in [2.24, 2.45) is 17.3 Å². The van der Waals surface area contributed by atoms with Gasteiger partial charge >= 0.3 is 0 Å². The Hall–Kier alpha value is -1.58. The molecule has 0 amide bonds. The molecule has 0 bridgehead atoms. The minimum absolute atomic E-state index is 0.129. The van der Waals surface area contributed by atoms with E-state index in [-0.39, 0.29) is 11.4 Å².